The van der Waals surface area contributed by atoms with Gasteiger partial charge in [-0.05, 0) is 50.8 Å². The van der Waals surface area contributed by atoms with E-state index in [4.69, 9.17) is 4.74 Å². The van der Waals surface area contributed by atoms with Gasteiger partial charge in [0.2, 0.25) is 0 Å². The molecule has 0 aliphatic carbocycles. The molecule has 116 valence electrons. The van der Waals surface area contributed by atoms with Gasteiger partial charge in [0.1, 0.15) is 0 Å². The molecule has 2 unspecified atom stereocenters. The van der Waals surface area contributed by atoms with E-state index in [9.17, 15) is 4.79 Å². The van der Waals surface area contributed by atoms with Gasteiger partial charge in [-0.1, -0.05) is 13.0 Å². The van der Waals surface area contributed by atoms with Crippen molar-refractivity contribution in [3.63, 3.8) is 0 Å². The second-order valence-corrected chi connectivity index (χ2v) is 5.85. The van der Waals surface area contributed by atoms with Crippen LogP contribution in [0.25, 0.3) is 0 Å². The minimum Gasteiger partial charge on any atom is -0.384 e. The number of hydrogen-bond donors (Lipinski definition) is 2. The Hall–Kier alpha value is -1.55. The van der Waals surface area contributed by atoms with Gasteiger partial charge >= 0.3 is 0 Å². The third-order valence-corrected chi connectivity index (χ3v) is 3.81. The summed E-state index contributed by atoms with van der Waals surface area (Å²) in [6, 6.07) is 6.14. The van der Waals surface area contributed by atoms with Crippen LogP contribution in [0.4, 0.5) is 5.69 Å². The molecule has 0 bridgehead atoms. The lowest BCUT2D eigenvalue weighted by Crippen LogP contribution is -2.41. The standard InChI is InChI=1S/C17H26N2O2/c1-4-8-18-16-10-12(2)5-6-15(16)17(20)19-14-7-9-21-13(3)11-14/h5-6,10,13-14,18H,4,7-9,11H2,1-3H3,(H,19,20). The van der Waals surface area contributed by atoms with Crippen LogP contribution < -0.4 is 10.6 Å². The molecule has 2 N–H and O–H groups in total. The summed E-state index contributed by atoms with van der Waals surface area (Å²) in [7, 11) is 0. The normalized spacial score (nSPS) is 21.9. The van der Waals surface area contributed by atoms with E-state index in [-0.39, 0.29) is 18.1 Å². The largest absolute Gasteiger partial charge is 0.384 e. The molecule has 0 spiro atoms. The van der Waals surface area contributed by atoms with Gasteiger partial charge < -0.3 is 15.4 Å². The molecule has 1 saturated heterocycles. The average molecular weight is 290 g/mol. The van der Waals surface area contributed by atoms with Crippen molar-refractivity contribution < 1.29 is 9.53 Å². The molecule has 2 atom stereocenters. The third kappa shape index (κ3) is 4.46. The summed E-state index contributed by atoms with van der Waals surface area (Å²) < 4.78 is 5.52. The summed E-state index contributed by atoms with van der Waals surface area (Å²) in [5, 5.41) is 6.49. The van der Waals surface area contributed by atoms with Crippen molar-refractivity contribution in [2.75, 3.05) is 18.5 Å². The molecule has 2 rings (SSSR count). The van der Waals surface area contributed by atoms with Crippen molar-refractivity contribution in [3.8, 4) is 0 Å². The van der Waals surface area contributed by atoms with E-state index in [1.807, 2.05) is 25.1 Å². The molecule has 21 heavy (non-hydrogen) atoms. The molecule has 1 aliphatic rings. The average Bonchev–Trinajstić information content (AvgIpc) is 2.45. The SMILES string of the molecule is CCCNc1cc(C)ccc1C(=O)NC1CCOC(C)C1. The van der Waals surface area contributed by atoms with Crippen molar-refractivity contribution in [1.82, 2.24) is 5.32 Å². The van der Waals surface area contributed by atoms with E-state index in [2.05, 4.69) is 24.5 Å². The van der Waals surface area contributed by atoms with E-state index in [0.29, 0.717) is 0 Å². The maximum absolute atomic E-state index is 12.5. The molecular weight excluding hydrogens is 264 g/mol. The van der Waals surface area contributed by atoms with E-state index in [1.54, 1.807) is 0 Å². The van der Waals surface area contributed by atoms with Crippen molar-refractivity contribution in [2.45, 2.75) is 52.2 Å². The van der Waals surface area contributed by atoms with Gasteiger partial charge in [0, 0.05) is 24.9 Å². The highest BCUT2D eigenvalue weighted by Crippen LogP contribution is 2.19. The molecule has 4 heteroatoms. The van der Waals surface area contributed by atoms with Gasteiger partial charge in [-0.25, -0.2) is 0 Å². The first-order valence-electron chi connectivity index (χ1n) is 7.87. The first-order valence-corrected chi connectivity index (χ1v) is 7.87. The Balaban J connectivity index is 2.07. The molecule has 0 radical (unpaired) electrons. The lowest BCUT2D eigenvalue weighted by atomic mass is 10.0. The molecule has 1 fully saturated rings. The molecule has 1 amide bonds. The number of aryl methyl sites for hydroxylation is 1. The summed E-state index contributed by atoms with van der Waals surface area (Å²) >= 11 is 0. The van der Waals surface area contributed by atoms with Gasteiger partial charge in [0.05, 0.1) is 11.7 Å². The van der Waals surface area contributed by atoms with Gasteiger partial charge in [0.15, 0.2) is 0 Å². The fourth-order valence-corrected chi connectivity index (χ4v) is 2.65. The zero-order chi connectivity index (χ0) is 15.2. The number of hydrogen-bond acceptors (Lipinski definition) is 3. The smallest absolute Gasteiger partial charge is 0.253 e. The van der Waals surface area contributed by atoms with Crippen molar-refractivity contribution in [2.24, 2.45) is 0 Å². The highest BCUT2D eigenvalue weighted by atomic mass is 16.5. The summed E-state index contributed by atoms with van der Waals surface area (Å²) in [6.07, 6.45) is 3.03. The van der Waals surface area contributed by atoms with E-state index < -0.39 is 0 Å². The van der Waals surface area contributed by atoms with Crippen LogP contribution >= 0.6 is 0 Å². The van der Waals surface area contributed by atoms with Crippen LogP contribution in [-0.4, -0.2) is 31.2 Å². The molecule has 1 aliphatic heterocycles. The zero-order valence-corrected chi connectivity index (χ0v) is 13.2. The predicted molar refractivity (Wildman–Crippen MR) is 85.9 cm³/mol. The van der Waals surface area contributed by atoms with Gasteiger partial charge in [0.25, 0.3) is 5.91 Å². The molecule has 1 aromatic carbocycles. The predicted octanol–water partition coefficient (Wildman–Crippen LogP) is 3.11. The van der Waals surface area contributed by atoms with Crippen LogP contribution in [0.3, 0.4) is 0 Å². The highest BCUT2D eigenvalue weighted by Gasteiger charge is 2.22. The second-order valence-electron chi connectivity index (χ2n) is 5.85. The van der Waals surface area contributed by atoms with Crippen molar-refractivity contribution in [3.05, 3.63) is 29.3 Å². The number of nitrogens with one attached hydrogen (secondary N) is 2. The second kappa shape index (κ2) is 7.46. The zero-order valence-electron chi connectivity index (χ0n) is 13.2. The molecular formula is C17H26N2O2. The summed E-state index contributed by atoms with van der Waals surface area (Å²) in [5.41, 5.74) is 2.81. The topological polar surface area (TPSA) is 50.4 Å². The Morgan fingerprint density at radius 1 is 1.43 bits per heavy atom. The molecule has 4 nitrogen and oxygen atoms in total. The van der Waals surface area contributed by atoms with Crippen LogP contribution in [0.15, 0.2) is 18.2 Å². The summed E-state index contributed by atoms with van der Waals surface area (Å²) in [4.78, 5) is 12.5. The van der Waals surface area contributed by atoms with Crippen LogP contribution in [-0.2, 0) is 4.74 Å². The van der Waals surface area contributed by atoms with E-state index >= 15 is 0 Å². The maximum atomic E-state index is 12.5. The molecule has 0 saturated carbocycles. The molecule has 1 heterocycles. The molecule has 1 aromatic rings. The highest BCUT2D eigenvalue weighted by molar-refractivity contribution is 5.99. The number of benzene rings is 1. The fourth-order valence-electron chi connectivity index (χ4n) is 2.65. The first-order chi connectivity index (χ1) is 10.1. The summed E-state index contributed by atoms with van der Waals surface area (Å²) in [5.74, 6) is 0.00713. The number of rotatable bonds is 5. The minimum absolute atomic E-state index is 0.00713. The van der Waals surface area contributed by atoms with Crippen LogP contribution in [0.2, 0.25) is 0 Å². The Bertz CT molecular complexity index is 488. The summed E-state index contributed by atoms with van der Waals surface area (Å²) in [6.45, 7) is 7.81. The number of carbonyl (C=O) groups is 1. The number of carbonyl (C=O) groups excluding carboxylic acids is 1. The first kappa shape index (κ1) is 15.8. The van der Waals surface area contributed by atoms with Crippen molar-refractivity contribution in [1.29, 1.82) is 0 Å². The number of ether oxygens (including phenoxy) is 1. The van der Waals surface area contributed by atoms with E-state index in [1.165, 1.54) is 0 Å². The van der Waals surface area contributed by atoms with Crippen LogP contribution in [0.1, 0.15) is 49.0 Å². The Morgan fingerprint density at radius 2 is 2.24 bits per heavy atom. The monoisotopic (exact) mass is 290 g/mol. The quantitative estimate of drug-likeness (QED) is 0.876. The lowest BCUT2D eigenvalue weighted by molar-refractivity contribution is 0.0137. The van der Waals surface area contributed by atoms with Gasteiger partial charge in [-0.15, -0.1) is 0 Å². The Kier molecular flexibility index (Phi) is 5.62. The van der Waals surface area contributed by atoms with Gasteiger partial charge in [-0.2, -0.15) is 0 Å². The Labute approximate surface area is 127 Å². The lowest BCUT2D eigenvalue weighted by Gasteiger charge is -2.28. The Morgan fingerprint density at radius 3 is 2.95 bits per heavy atom. The number of amides is 1. The van der Waals surface area contributed by atoms with E-state index in [0.717, 1.165) is 49.2 Å². The number of anilines is 1. The minimum atomic E-state index is 0.00713. The van der Waals surface area contributed by atoms with Crippen molar-refractivity contribution >= 4 is 11.6 Å². The molecule has 0 aromatic heterocycles. The third-order valence-electron chi connectivity index (χ3n) is 3.81. The fraction of sp³-hybridized carbons (Fsp3) is 0.588. The van der Waals surface area contributed by atoms with Gasteiger partial charge in [-0.3, -0.25) is 4.79 Å². The van der Waals surface area contributed by atoms with Crippen LogP contribution in [0.5, 0.6) is 0 Å². The maximum Gasteiger partial charge on any atom is 0.253 e. The van der Waals surface area contributed by atoms with Crippen LogP contribution in [0, 0.1) is 6.92 Å².